The van der Waals surface area contributed by atoms with Crippen LogP contribution in [0.25, 0.3) is 0 Å². The average molecular weight is 235 g/mol. The molecule has 0 saturated carbocycles. The van der Waals surface area contributed by atoms with Crippen molar-refractivity contribution in [3.05, 3.63) is 0 Å². The summed E-state index contributed by atoms with van der Waals surface area (Å²) in [7, 11) is -2.94. The molecule has 0 aromatic heterocycles. The van der Waals surface area contributed by atoms with E-state index in [2.05, 4.69) is 0 Å². The molecule has 1 N–H and O–H groups in total. The lowest BCUT2D eigenvalue weighted by atomic mass is 10.1. The molecule has 15 heavy (non-hydrogen) atoms. The first-order valence-corrected chi connectivity index (χ1v) is 7.25. The smallest absolute Gasteiger partial charge is 0.153 e. The van der Waals surface area contributed by atoms with E-state index < -0.39 is 9.84 Å². The number of nitrogens with zero attached hydrogens (tertiary/aromatic N) is 1. The highest BCUT2D eigenvalue weighted by molar-refractivity contribution is 7.92. The van der Waals surface area contributed by atoms with Crippen LogP contribution >= 0.6 is 0 Å². The summed E-state index contributed by atoms with van der Waals surface area (Å²) in [6, 6.07) is 0. The van der Waals surface area contributed by atoms with Gasteiger partial charge >= 0.3 is 0 Å². The van der Waals surface area contributed by atoms with Crippen LogP contribution in [-0.2, 0) is 9.84 Å². The molecular weight excluding hydrogens is 214 g/mol. The summed E-state index contributed by atoms with van der Waals surface area (Å²) in [5, 5.41) is 9.13. The standard InChI is InChI=1S/C10H21NO3S/c1-9(2)15(13,14)7-6-11-5-3-4-10(12)8-11/h9-10,12H,3-8H2,1-2H3/t10-/m0/s1. The monoisotopic (exact) mass is 235 g/mol. The minimum atomic E-state index is -2.94. The van der Waals surface area contributed by atoms with Crippen LogP contribution < -0.4 is 0 Å². The van der Waals surface area contributed by atoms with Crippen molar-refractivity contribution in [2.24, 2.45) is 0 Å². The minimum Gasteiger partial charge on any atom is -0.392 e. The molecule has 0 unspecified atom stereocenters. The molecule has 1 fully saturated rings. The fourth-order valence-electron chi connectivity index (χ4n) is 1.73. The van der Waals surface area contributed by atoms with E-state index in [0.29, 0.717) is 13.1 Å². The number of sulfone groups is 1. The lowest BCUT2D eigenvalue weighted by molar-refractivity contribution is 0.0740. The molecule has 0 aromatic rings. The third-order valence-electron chi connectivity index (χ3n) is 2.89. The molecule has 0 aromatic carbocycles. The lowest BCUT2D eigenvalue weighted by Gasteiger charge is -2.29. The molecule has 1 aliphatic heterocycles. The van der Waals surface area contributed by atoms with Gasteiger partial charge in [-0.05, 0) is 33.2 Å². The van der Waals surface area contributed by atoms with Crippen LogP contribution in [0.4, 0.5) is 0 Å². The van der Waals surface area contributed by atoms with Crippen molar-refractivity contribution in [2.45, 2.75) is 38.0 Å². The van der Waals surface area contributed by atoms with Crippen LogP contribution in [0, 0.1) is 0 Å². The Morgan fingerprint density at radius 3 is 2.67 bits per heavy atom. The Morgan fingerprint density at radius 2 is 2.13 bits per heavy atom. The average Bonchev–Trinajstić information content (AvgIpc) is 2.15. The van der Waals surface area contributed by atoms with Crippen molar-refractivity contribution in [2.75, 3.05) is 25.4 Å². The first-order chi connectivity index (χ1) is 6.92. The van der Waals surface area contributed by atoms with Gasteiger partial charge in [-0.15, -0.1) is 0 Å². The zero-order valence-electron chi connectivity index (χ0n) is 9.52. The van der Waals surface area contributed by atoms with E-state index in [4.69, 9.17) is 0 Å². The van der Waals surface area contributed by atoms with Gasteiger partial charge < -0.3 is 5.11 Å². The second-order valence-electron chi connectivity index (χ2n) is 4.51. The second kappa shape index (κ2) is 5.27. The van der Waals surface area contributed by atoms with Gasteiger partial charge in [0.1, 0.15) is 0 Å². The highest BCUT2D eigenvalue weighted by atomic mass is 32.2. The molecular formula is C10H21NO3S. The van der Waals surface area contributed by atoms with E-state index in [1.165, 1.54) is 0 Å². The number of β-amino-alcohol motifs (C(OH)–C–C–N with tert-alkyl or cyclic N) is 1. The zero-order chi connectivity index (χ0) is 11.5. The van der Waals surface area contributed by atoms with Crippen molar-refractivity contribution >= 4 is 9.84 Å². The number of aliphatic hydroxyl groups excluding tert-OH is 1. The number of rotatable bonds is 4. The van der Waals surface area contributed by atoms with E-state index in [9.17, 15) is 13.5 Å². The highest BCUT2D eigenvalue weighted by Crippen LogP contribution is 2.10. The van der Waals surface area contributed by atoms with Gasteiger partial charge in [0.05, 0.1) is 17.1 Å². The molecule has 0 amide bonds. The van der Waals surface area contributed by atoms with Gasteiger partial charge in [-0.2, -0.15) is 0 Å². The third-order valence-corrected chi connectivity index (χ3v) is 5.08. The number of hydrogen-bond donors (Lipinski definition) is 1. The van der Waals surface area contributed by atoms with Gasteiger partial charge in [0, 0.05) is 13.1 Å². The first-order valence-electron chi connectivity index (χ1n) is 5.54. The lowest BCUT2D eigenvalue weighted by Crippen LogP contribution is -2.41. The van der Waals surface area contributed by atoms with Crippen LogP contribution in [0.1, 0.15) is 26.7 Å². The van der Waals surface area contributed by atoms with Crippen molar-refractivity contribution in [1.29, 1.82) is 0 Å². The quantitative estimate of drug-likeness (QED) is 0.760. The summed E-state index contributed by atoms with van der Waals surface area (Å²) in [4.78, 5) is 2.04. The predicted octanol–water partition coefficient (Wildman–Crippen LogP) is 0.266. The van der Waals surface area contributed by atoms with Gasteiger partial charge in [-0.3, -0.25) is 4.90 Å². The van der Waals surface area contributed by atoms with Crippen LogP contribution in [0.15, 0.2) is 0 Å². The highest BCUT2D eigenvalue weighted by Gasteiger charge is 2.21. The van der Waals surface area contributed by atoms with Crippen molar-refractivity contribution in [3.8, 4) is 0 Å². The Labute approximate surface area is 92.2 Å². The number of piperidine rings is 1. The minimum absolute atomic E-state index is 0.206. The van der Waals surface area contributed by atoms with Gasteiger partial charge in [-0.1, -0.05) is 0 Å². The summed E-state index contributed by atoms with van der Waals surface area (Å²) in [5.74, 6) is 0.206. The van der Waals surface area contributed by atoms with Crippen LogP contribution in [0.2, 0.25) is 0 Å². The zero-order valence-corrected chi connectivity index (χ0v) is 10.3. The Kier molecular flexibility index (Phi) is 4.55. The second-order valence-corrected chi connectivity index (χ2v) is 7.19. The van der Waals surface area contributed by atoms with Gasteiger partial charge in [0.2, 0.25) is 0 Å². The van der Waals surface area contributed by atoms with Crippen molar-refractivity contribution in [3.63, 3.8) is 0 Å². The summed E-state index contributed by atoms with van der Waals surface area (Å²) in [6.45, 7) is 5.50. The molecule has 0 radical (unpaired) electrons. The van der Waals surface area contributed by atoms with E-state index in [0.717, 1.165) is 19.4 Å². The Morgan fingerprint density at radius 1 is 1.47 bits per heavy atom. The maximum absolute atomic E-state index is 11.6. The van der Waals surface area contributed by atoms with Crippen molar-refractivity contribution in [1.82, 2.24) is 4.90 Å². The molecule has 1 atom stereocenters. The third kappa shape index (κ3) is 4.09. The van der Waals surface area contributed by atoms with Crippen molar-refractivity contribution < 1.29 is 13.5 Å². The summed E-state index contributed by atoms with van der Waals surface area (Å²) < 4.78 is 23.1. The normalized spacial score (nSPS) is 24.7. The predicted molar refractivity (Wildman–Crippen MR) is 60.6 cm³/mol. The Balaban J connectivity index is 2.37. The maximum Gasteiger partial charge on any atom is 0.153 e. The SMILES string of the molecule is CC(C)S(=O)(=O)CCN1CCC[C@H](O)C1. The molecule has 0 aliphatic carbocycles. The molecule has 90 valence electrons. The Hall–Kier alpha value is -0.130. The molecule has 1 saturated heterocycles. The van der Waals surface area contributed by atoms with Gasteiger partial charge in [-0.25, -0.2) is 8.42 Å². The number of aliphatic hydroxyl groups is 1. The number of hydrogen-bond acceptors (Lipinski definition) is 4. The van der Waals surface area contributed by atoms with Crippen LogP contribution in [0.3, 0.4) is 0 Å². The first kappa shape index (κ1) is 12.9. The molecule has 0 bridgehead atoms. The van der Waals surface area contributed by atoms with Gasteiger partial charge in [0.15, 0.2) is 9.84 Å². The maximum atomic E-state index is 11.6. The molecule has 1 aliphatic rings. The van der Waals surface area contributed by atoms with E-state index in [-0.39, 0.29) is 17.1 Å². The van der Waals surface area contributed by atoms with E-state index in [1.54, 1.807) is 13.8 Å². The fourth-order valence-corrected chi connectivity index (χ4v) is 2.71. The molecule has 0 spiro atoms. The summed E-state index contributed by atoms with van der Waals surface area (Å²) in [5.41, 5.74) is 0. The summed E-state index contributed by atoms with van der Waals surface area (Å²) >= 11 is 0. The summed E-state index contributed by atoms with van der Waals surface area (Å²) in [6.07, 6.45) is 1.52. The topological polar surface area (TPSA) is 57.6 Å². The van der Waals surface area contributed by atoms with Crippen LogP contribution in [-0.4, -0.2) is 55.2 Å². The Bertz CT molecular complexity index is 287. The number of likely N-dealkylation sites (tertiary alicyclic amines) is 1. The fraction of sp³-hybridized carbons (Fsp3) is 1.00. The van der Waals surface area contributed by atoms with E-state index in [1.807, 2.05) is 4.90 Å². The van der Waals surface area contributed by atoms with E-state index >= 15 is 0 Å². The molecule has 4 nitrogen and oxygen atoms in total. The molecule has 1 rings (SSSR count). The largest absolute Gasteiger partial charge is 0.392 e. The molecule has 5 heteroatoms. The van der Waals surface area contributed by atoms with Crippen LogP contribution in [0.5, 0.6) is 0 Å². The van der Waals surface area contributed by atoms with Gasteiger partial charge in [0.25, 0.3) is 0 Å². The molecule has 1 heterocycles.